The number of aromatic nitrogens is 1. The van der Waals surface area contributed by atoms with Gasteiger partial charge in [0.25, 0.3) is 0 Å². The van der Waals surface area contributed by atoms with E-state index in [1.165, 1.54) is 31.4 Å². The Morgan fingerprint density at radius 3 is 2.81 bits per heavy atom. The van der Waals surface area contributed by atoms with Crippen molar-refractivity contribution in [1.29, 1.82) is 0 Å². The normalized spacial score (nSPS) is 16.6. The molecular weight excluding hydrogens is 220 g/mol. The SMILES string of the molecule is Cc1cc(N(CCCl)C2CCCC2)ccn1. The van der Waals surface area contributed by atoms with Gasteiger partial charge in [-0.15, -0.1) is 11.6 Å². The maximum Gasteiger partial charge on any atom is 0.0402 e. The maximum absolute atomic E-state index is 5.91. The molecule has 0 aliphatic heterocycles. The van der Waals surface area contributed by atoms with E-state index in [9.17, 15) is 0 Å². The summed E-state index contributed by atoms with van der Waals surface area (Å²) in [6.07, 6.45) is 7.21. The summed E-state index contributed by atoms with van der Waals surface area (Å²) in [4.78, 5) is 6.70. The van der Waals surface area contributed by atoms with Gasteiger partial charge < -0.3 is 4.90 Å². The van der Waals surface area contributed by atoms with E-state index in [0.29, 0.717) is 11.9 Å². The molecule has 1 saturated carbocycles. The molecule has 0 bridgehead atoms. The van der Waals surface area contributed by atoms with Crippen LogP contribution >= 0.6 is 11.6 Å². The van der Waals surface area contributed by atoms with E-state index >= 15 is 0 Å². The molecule has 0 saturated heterocycles. The third kappa shape index (κ3) is 2.67. The van der Waals surface area contributed by atoms with E-state index in [4.69, 9.17) is 11.6 Å². The smallest absolute Gasteiger partial charge is 0.0402 e. The molecule has 0 radical (unpaired) electrons. The lowest BCUT2D eigenvalue weighted by atomic mass is 10.2. The molecule has 3 heteroatoms. The van der Waals surface area contributed by atoms with Gasteiger partial charge >= 0.3 is 0 Å². The van der Waals surface area contributed by atoms with Gasteiger partial charge in [-0.1, -0.05) is 12.8 Å². The number of hydrogen-bond acceptors (Lipinski definition) is 2. The Balaban J connectivity index is 2.17. The first-order valence-corrected chi connectivity index (χ1v) is 6.60. The molecule has 0 N–H and O–H groups in total. The van der Waals surface area contributed by atoms with Crippen molar-refractivity contribution < 1.29 is 0 Å². The minimum Gasteiger partial charge on any atom is -0.367 e. The van der Waals surface area contributed by atoms with E-state index in [0.717, 1.165) is 12.2 Å². The minimum atomic E-state index is 0.681. The van der Waals surface area contributed by atoms with Crippen molar-refractivity contribution in [3.63, 3.8) is 0 Å². The Bertz CT molecular complexity index is 334. The molecule has 1 aromatic heterocycles. The monoisotopic (exact) mass is 238 g/mol. The van der Waals surface area contributed by atoms with Crippen molar-refractivity contribution in [1.82, 2.24) is 4.98 Å². The fourth-order valence-corrected chi connectivity index (χ4v) is 2.72. The Morgan fingerprint density at radius 2 is 2.19 bits per heavy atom. The van der Waals surface area contributed by atoms with E-state index in [1.54, 1.807) is 0 Å². The van der Waals surface area contributed by atoms with Crippen LogP contribution in [-0.2, 0) is 0 Å². The molecule has 2 nitrogen and oxygen atoms in total. The zero-order valence-electron chi connectivity index (χ0n) is 9.82. The third-order valence-corrected chi connectivity index (χ3v) is 3.47. The first-order chi connectivity index (χ1) is 7.81. The molecule has 0 unspecified atom stereocenters. The van der Waals surface area contributed by atoms with E-state index < -0.39 is 0 Å². The molecule has 1 aliphatic rings. The summed E-state index contributed by atoms with van der Waals surface area (Å²) in [7, 11) is 0. The van der Waals surface area contributed by atoms with Crippen LogP contribution in [0.2, 0.25) is 0 Å². The lowest BCUT2D eigenvalue weighted by molar-refractivity contribution is 0.621. The predicted octanol–water partition coefficient (Wildman–Crippen LogP) is 3.38. The molecule has 1 aliphatic carbocycles. The molecule has 1 aromatic rings. The van der Waals surface area contributed by atoms with Crippen LogP contribution in [0.15, 0.2) is 18.3 Å². The summed E-state index contributed by atoms with van der Waals surface area (Å²) in [6.45, 7) is 2.98. The van der Waals surface area contributed by atoms with Gasteiger partial charge in [-0.05, 0) is 31.9 Å². The van der Waals surface area contributed by atoms with Gasteiger partial charge in [-0.25, -0.2) is 0 Å². The molecule has 0 spiro atoms. The molecule has 16 heavy (non-hydrogen) atoms. The highest BCUT2D eigenvalue weighted by molar-refractivity contribution is 6.18. The number of aryl methyl sites for hydroxylation is 1. The predicted molar refractivity (Wildman–Crippen MR) is 69.3 cm³/mol. The van der Waals surface area contributed by atoms with Gasteiger partial charge in [-0.3, -0.25) is 4.98 Å². The van der Waals surface area contributed by atoms with Crippen LogP contribution in [-0.4, -0.2) is 23.5 Å². The lowest BCUT2D eigenvalue weighted by Gasteiger charge is -2.30. The standard InChI is InChI=1S/C13H19ClN2/c1-11-10-13(6-8-15-11)16(9-7-14)12-4-2-3-5-12/h6,8,10,12H,2-5,7,9H2,1H3. The topological polar surface area (TPSA) is 16.1 Å². The van der Waals surface area contributed by atoms with E-state index in [1.807, 2.05) is 13.1 Å². The number of hydrogen-bond donors (Lipinski definition) is 0. The summed E-state index contributed by atoms with van der Waals surface area (Å²) < 4.78 is 0. The van der Waals surface area contributed by atoms with Gasteiger partial charge in [0.15, 0.2) is 0 Å². The van der Waals surface area contributed by atoms with Crippen molar-refractivity contribution in [2.24, 2.45) is 0 Å². The van der Waals surface area contributed by atoms with Gasteiger partial charge in [-0.2, -0.15) is 0 Å². The van der Waals surface area contributed by atoms with Crippen LogP contribution in [0.5, 0.6) is 0 Å². The fourth-order valence-electron chi connectivity index (χ4n) is 2.54. The Labute approximate surface area is 103 Å². The molecular formula is C13H19ClN2. The second-order valence-electron chi connectivity index (χ2n) is 4.48. The van der Waals surface area contributed by atoms with Crippen molar-refractivity contribution in [2.75, 3.05) is 17.3 Å². The summed E-state index contributed by atoms with van der Waals surface area (Å²) in [5.41, 5.74) is 2.36. The van der Waals surface area contributed by atoms with Crippen LogP contribution in [0.3, 0.4) is 0 Å². The van der Waals surface area contributed by atoms with E-state index in [-0.39, 0.29) is 0 Å². The maximum atomic E-state index is 5.91. The van der Waals surface area contributed by atoms with E-state index in [2.05, 4.69) is 22.0 Å². The van der Waals surface area contributed by atoms with Crippen molar-refractivity contribution in [3.8, 4) is 0 Å². The van der Waals surface area contributed by atoms with Crippen LogP contribution in [0.25, 0.3) is 0 Å². The highest BCUT2D eigenvalue weighted by Gasteiger charge is 2.22. The molecule has 88 valence electrons. The molecule has 0 amide bonds. The van der Waals surface area contributed by atoms with Gasteiger partial charge in [0.2, 0.25) is 0 Å². The summed E-state index contributed by atoms with van der Waals surface area (Å²) in [5, 5.41) is 0. The molecule has 0 atom stereocenters. The molecule has 0 aromatic carbocycles. The Hall–Kier alpha value is -0.760. The average Bonchev–Trinajstić information content (AvgIpc) is 2.79. The highest BCUT2D eigenvalue weighted by Crippen LogP contribution is 2.28. The summed E-state index contributed by atoms with van der Waals surface area (Å²) in [6, 6.07) is 4.93. The van der Waals surface area contributed by atoms with Gasteiger partial charge in [0, 0.05) is 36.0 Å². The second-order valence-corrected chi connectivity index (χ2v) is 4.85. The minimum absolute atomic E-state index is 0.681. The first-order valence-electron chi connectivity index (χ1n) is 6.06. The Morgan fingerprint density at radius 1 is 1.44 bits per heavy atom. The van der Waals surface area contributed by atoms with Gasteiger partial charge in [0.1, 0.15) is 0 Å². The highest BCUT2D eigenvalue weighted by atomic mass is 35.5. The molecule has 1 heterocycles. The number of anilines is 1. The number of alkyl halides is 1. The second kappa shape index (κ2) is 5.53. The number of nitrogens with zero attached hydrogens (tertiary/aromatic N) is 2. The average molecular weight is 239 g/mol. The first kappa shape index (κ1) is 11.7. The lowest BCUT2D eigenvalue weighted by Crippen LogP contribution is -2.34. The van der Waals surface area contributed by atoms with Gasteiger partial charge in [0.05, 0.1) is 0 Å². The van der Waals surface area contributed by atoms with Crippen molar-refractivity contribution >= 4 is 17.3 Å². The largest absolute Gasteiger partial charge is 0.367 e. The third-order valence-electron chi connectivity index (χ3n) is 3.30. The quantitative estimate of drug-likeness (QED) is 0.748. The molecule has 2 rings (SSSR count). The zero-order valence-corrected chi connectivity index (χ0v) is 10.6. The van der Waals surface area contributed by atoms with Crippen LogP contribution in [0, 0.1) is 6.92 Å². The number of halogens is 1. The molecule has 1 fully saturated rings. The fraction of sp³-hybridized carbons (Fsp3) is 0.615. The van der Waals surface area contributed by atoms with Crippen LogP contribution in [0.1, 0.15) is 31.4 Å². The van der Waals surface area contributed by atoms with Crippen molar-refractivity contribution in [3.05, 3.63) is 24.0 Å². The summed E-state index contributed by atoms with van der Waals surface area (Å²) >= 11 is 5.91. The van der Waals surface area contributed by atoms with Crippen LogP contribution in [0.4, 0.5) is 5.69 Å². The zero-order chi connectivity index (χ0) is 11.4. The van der Waals surface area contributed by atoms with Crippen molar-refractivity contribution in [2.45, 2.75) is 38.6 Å². The number of pyridine rings is 1. The summed E-state index contributed by atoms with van der Waals surface area (Å²) in [5.74, 6) is 0.692. The van der Waals surface area contributed by atoms with Crippen LogP contribution < -0.4 is 4.90 Å². The number of rotatable bonds is 4. The Kier molecular flexibility index (Phi) is 4.05.